The molecular weight excluding hydrogens is 424 g/mol. The number of nitrogens with one attached hydrogen (secondary N) is 3. The fraction of sp³-hybridized carbons (Fsp3) is 0.471. The van der Waals surface area contributed by atoms with Crippen LogP contribution in [0.5, 0.6) is 0 Å². The van der Waals surface area contributed by atoms with Gasteiger partial charge in [-0.1, -0.05) is 27.5 Å². The van der Waals surface area contributed by atoms with Crippen LogP contribution in [0.2, 0.25) is 5.02 Å². The number of carbonyl (C=O) groups is 3. The molecule has 0 aromatic heterocycles. The molecule has 1 aromatic rings. The van der Waals surface area contributed by atoms with Crippen molar-refractivity contribution in [1.29, 1.82) is 0 Å². The smallest absolute Gasteiger partial charge is 0.333 e. The standard InChI is InChI=1S/C17H20BrClN4O3/c18-12-3-4-13(14(19)7-12)15(24)21-22-17(26)20-8-10-5-6-23(9-10)16(25)11-1-2-11/h3-4,7,10-11H,1-2,5-6,8-9H2,(H,21,24)(H2,20,22,26)/t10-/m0/s1. The molecule has 0 bridgehead atoms. The lowest BCUT2D eigenvalue weighted by atomic mass is 10.1. The van der Waals surface area contributed by atoms with Gasteiger partial charge < -0.3 is 10.2 Å². The Morgan fingerprint density at radius 3 is 2.65 bits per heavy atom. The van der Waals surface area contributed by atoms with Gasteiger partial charge in [0.25, 0.3) is 5.91 Å². The first-order chi connectivity index (χ1) is 12.4. The number of carbonyl (C=O) groups excluding carboxylic acids is 3. The van der Waals surface area contributed by atoms with Crippen LogP contribution < -0.4 is 16.2 Å². The Labute approximate surface area is 164 Å². The Bertz CT molecular complexity index is 726. The molecule has 4 amide bonds. The minimum absolute atomic E-state index is 0.227. The zero-order valence-electron chi connectivity index (χ0n) is 14.1. The van der Waals surface area contributed by atoms with Gasteiger partial charge in [-0.2, -0.15) is 0 Å². The summed E-state index contributed by atoms with van der Waals surface area (Å²) in [6.45, 7) is 1.88. The molecule has 26 heavy (non-hydrogen) atoms. The molecule has 3 N–H and O–H groups in total. The van der Waals surface area contributed by atoms with Gasteiger partial charge in [-0.15, -0.1) is 0 Å². The van der Waals surface area contributed by atoms with Gasteiger partial charge in [-0.05, 0) is 43.4 Å². The predicted octanol–water partition coefficient (Wildman–Crippen LogP) is 2.30. The molecule has 1 aliphatic carbocycles. The van der Waals surface area contributed by atoms with E-state index >= 15 is 0 Å². The molecule has 3 rings (SSSR count). The second kappa shape index (κ2) is 8.26. The molecule has 2 fully saturated rings. The van der Waals surface area contributed by atoms with Crippen LogP contribution in [-0.2, 0) is 4.79 Å². The first-order valence-electron chi connectivity index (χ1n) is 8.52. The van der Waals surface area contributed by atoms with Crippen LogP contribution in [0.25, 0.3) is 0 Å². The number of nitrogens with zero attached hydrogens (tertiary/aromatic N) is 1. The molecule has 140 valence electrons. The van der Waals surface area contributed by atoms with E-state index in [9.17, 15) is 14.4 Å². The van der Waals surface area contributed by atoms with Crippen molar-refractivity contribution in [1.82, 2.24) is 21.1 Å². The number of rotatable bonds is 4. The van der Waals surface area contributed by atoms with Crippen molar-refractivity contribution in [2.75, 3.05) is 19.6 Å². The molecule has 1 atom stereocenters. The molecule has 1 heterocycles. The van der Waals surface area contributed by atoms with Crippen LogP contribution in [0, 0.1) is 11.8 Å². The third kappa shape index (κ3) is 4.88. The highest BCUT2D eigenvalue weighted by Crippen LogP contribution is 2.32. The van der Waals surface area contributed by atoms with Gasteiger partial charge in [0.2, 0.25) is 5.91 Å². The molecule has 2 aliphatic rings. The Balaban J connectivity index is 1.38. The molecule has 7 nitrogen and oxygen atoms in total. The largest absolute Gasteiger partial charge is 0.342 e. The summed E-state index contributed by atoms with van der Waals surface area (Å²) < 4.78 is 0.760. The van der Waals surface area contributed by atoms with Crippen molar-refractivity contribution in [3.8, 4) is 0 Å². The summed E-state index contributed by atoms with van der Waals surface area (Å²) in [4.78, 5) is 37.8. The van der Waals surface area contributed by atoms with E-state index in [4.69, 9.17) is 11.6 Å². The molecule has 9 heteroatoms. The third-order valence-corrected chi connectivity index (χ3v) is 5.35. The minimum atomic E-state index is -0.501. The lowest BCUT2D eigenvalue weighted by Gasteiger charge is -2.16. The summed E-state index contributed by atoms with van der Waals surface area (Å²) in [5.74, 6) is 0.209. The van der Waals surface area contributed by atoms with Crippen LogP contribution in [0.15, 0.2) is 22.7 Å². The minimum Gasteiger partial charge on any atom is -0.342 e. The molecule has 0 radical (unpaired) electrons. The van der Waals surface area contributed by atoms with E-state index in [0.29, 0.717) is 13.1 Å². The topological polar surface area (TPSA) is 90.5 Å². The van der Waals surface area contributed by atoms with E-state index < -0.39 is 11.9 Å². The Hall–Kier alpha value is -1.80. The number of halogens is 2. The number of likely N-dealkylation sites (tertiary alicyclic amines) is 1. The van der Waals surface area contributed by atoms with Gasteiger partial charge in [0.05, 0.1) is 10.6 Å². The van der Waals surface area contributed by atoms with Crippen LogP contribution in [-0.4, -0.2) is 42.4 Å². The van der Waals surface area contributed by atoms with Gasteiger partial charge in [0, 0.05) is 30.0 Å². The highest BCUT2D eigenvalue weighted by atomic mass is 79.9. The van der Waals surface area contributed by atoms with E-state index in [1.165, 1.54) is 0 Å². The highest BCUT2D eigenvalue weighted by molar-refractivity contribution is 9.10. The second-order valence-corrected chi connectivity index (χ2v) is 7.95. The summed E-state index contributed by atoms with van der Waals surface area (Å²) in [7, 11) is 0. The molecule has 1 aromatic carbocycles. The first-order valence-corrected chi connectivity index (χ1v) is 9.69. The monoisotopic (exact) mass is 442 g/mol. The second-order valence-electron chi connectivity index (χ2n) is 6.63. The maximum atomic E-state index is 12.0. The fourth-order valence-electron chi connectivity index (χ4n) is 2.92. The summed E-state index contributed by atoms with van der Waals surface area (Å²) >= 11 is 9.27. The molecule has 0 spiro atoms. The SMILES string of the molecule is O=C(NC[C@@H]1CCN(C(=O)C2CC2)C1)NNC(=O)c1ccc(Br)cc1Cl. The third-order valence-electron chi connectivity index (χ3n) is 4.54. The number of hydrogen-bond donors (Lipinski definition) is 3. The van der Waals surface area contributed by atoms with E-state index in [2.05, 4.69) is 32.1 Å². The zero-order valence-corrected chi connectivity index (χ0v) is 16.4. The average Bonchev–Trinajstić information content (AvgIpc) is 3.35. The Morgan fingerprint density at radius 2 is 1.96 bits per heavy atom. The number of benzene rings is 1. The van der Waals surface area contributed by atoms with Crippen molar-refractivity contribution < 1.29 is 14.4 Å². The lowest BCUT2D eigenvalue weighted by molar-refractivity contribution is -0.131. The number of hydrogen-bond acceptors (Lipinski definition) is 3. The van der Waals surface area contributed by atoms with E-state index in [-0.39, 0.29) is 28.3 Å². The quantitative estimate of drug-likeness (QED) is 0.624. The van der Waals surface area contributed by atoms with Gasteiger partial charge >= 0.3 is 6.03 Å². The maximum Gasteiger partial charge on any atom is 0.333 e. The molecule has 1 saturated carbocycles. The Kier molecular flexibility index (Phi) is 6.03. The number of urea groups is 1. The van der Waals surface area contributed by atoms with E-state index in [0.717, 1.165) is 30.3 Å². The molecular formula is C17H20BrClN4O3. The van der Waals surface area contributed by atoms with Crippen molar-refractivity contribution in [3.05, 3.63) is 33.3 Å². The number of amides is 4. The fourth-order valence-corrected chi connectivity index (χ4v) is 3.68. The van der Waals surface area contributed by atoms with E-state index in [1.807, 2.05) is 4.90 Å². The molecule has 0 unspecified atom stereocenters. The Morgan fingerprint density at radius 1 is 1.19 bits per heavy atom. The van der Waals surface area contributed by atoms with Crippen molar-refractivity contribution in [3.63, 3.8) is 0 Å². The normalized spacial score (nSPS) is 19.2. The first kappa shape index (κ1) is 19.0. The van der Waals surface area contributed by atoms with E-state index in [1.54, 1.807) is 18.2 Å². The van der Waals surface area contributed by atoms with Crippen molar-refractivity contribution >= 4 is 45.4 Å². The predicted molar refractivity (Wildman–Crippen MR) is 101 cm³/mol. The van der Waals surface area contributed by atoms with Crippen LogP contribution in [0.4, 0.5) is 4.79 Å². The van der Waals surface area contributed by atoms with Gasteiger partial charge in [-0.3, -0.25) is 15.0 Å². The average molecular weight is 444 g/mol. The summed E-state index contributed by atoms with van der Waals surface area (Å²) in [5, 5.41) is 3.00. The van der Waals surface area contributed by atoms with Crippen LogP contribution >= 0.6 is 27.5 Å². The van der Waals surface area contributed by atoms with Crippen LogP contribution in [0.3, 0.4) is 0 Å². The van der Waals surface area contributed by atoms with Crippen molar-refractivity contribution in [2.45, 2.75) is 19.3 Å². The molecule has 1 aliphatic heterocycles. The zero-order chi connectivity index (χ0) is 18.7. The number of hydrazine groups is 1. The van der Waals surface area contributed by atoms with Gasteiger partial charge in [0.15, 0.2) is 0 Å². The van der Waals surface area contributed by atoms with Crippen LogP contribution in [0.1, 0.15) is 29.6 Å². The van der Waals surface area contributed by atoms with Crippen molar-refractivity contribution in [2.24, 2.45) is 11.8 Å². The maximum absolute atomic E-state index is 12.0. The summed E-state index contributed by atoms with van der Waals surface area (Å²) in [6, 6.07) is 4.35. The lowest BCUT2D eigenvalue weighted by Crippen LogP contribution is -2.48. The summed E-state index contributed by atoms with van der Waals surface area (Å²) in [6.07, 6.45) is 2.88. The summed E-state index contributed by atoms with van der Waals surface area (Å²) in [5.41, 5.74) is 4.89. The highest BCUT2D eigenvalue weighted by Gasteiger charge is 2.36. The van der Waals surface area contributed by atoms with Gasteiger partial charge in [-0.25, -0.2) is 10.2 Å². The van der Waals surface area contributed by atoms with Gasteiger partial charge in [0.1, 0.15) is 0 Å². The molecule has 1 saturated heterocycles.